The maximum atomic E-state index is 10.7. The summed E-state index contributed by atoms with van der Waals surface area (Å²) < 4.78 is 5.03. The van der Waals surface area contributed by atoms with Crippen molar-refractivity contribution in [2.75, 3.05) is 0 Å². The van der Waals surface area contributed by atoms with E-state index in [0.717, 1.165) is 25.7 Å². The molecule has 0 spiro atoms. The standard InChI is InChI=1S/C14H18O3/c15-11-17-14(16,12-7-3-1-4-8-12)13-9-5-2-6-10-13/h1,3-4,7-8,11,13,16H,2,5-6,9-10H2/t14-/m1/s1. The average Bonchev–Trinajstić information content (AvgIpc) is 2.41. The second-order valence-corrected chi connectivity index (χ2v) is 4.61. The summed E-state index contributed by atoms with van der Waals surface area (Å²) in [6, 6.07) is 9.18. The molecule has 0 saturated heterocycles. The molecule has 0 amide bonds. The van der Waals surface area contributed by atoms with Gasteiger partial charge in [-0.1, -0.05) is 49.6 Å². The second kappa shape index (κ2) is 5.32. The van der Waals surface area contributed by atoms with E-state index < -0.39 is 5.79 Å². The Hall–Kier alpha value is -1.35. The highest BCUT2D eigenvalue weighted by Gasteiger charge is 2.40. The lowest BCUT2D eigenvalue weighted by Crippen LogP contribution is -2.39. The van der Waals surface area contributed by atoms with Crippen molar-refractivity contribution >= 4 is 6.47 Å². The van der Waals surface area contributed by atoms with Crippen LogP contribution in [0, 0.1) is 5.92 Å². The van der Waals surface area contributed by atoms with Crippen LogP contribution >= 0.6 is 0 Å². The van der Waals surface area contributed by atoms with Crippen molar-refractivity contribution in [2.45, 2.75) is 37.9 Å². The van der Waals surface area contributed by atoms with Gasteiger partial charge in [-0.2, -0.15) is 0 Å². The van der Waals surface area contributed by atoms with E-state index >= 15 is 0 Å². The molecule has 0 bridgehead atoms. The van der Waals surface area contributed by atoms with Crippen molar-refractivity contribution in [2.24, 2.45) is 5.92 Å². The molecule has 0 aromatic heterocycles. The molecular formula is C14H18O3. The van der Waals surface area contributed by atoms with Gasteiger partial charge in [0.25, 0.3) is 6.47 Å². The molecule has 1 fully saturated rings. The molecule has 1 aliphatic carbocycles. The smallest absolute Gasteiger partial charge is 0.295 e. The molecule has 3 nitrogen and oxygen atoms in total. The molecule has 1 aliphatic rings. The summed E-state index contributed by atoms with van der Waals surface area (Å²) in [5.74, 6) is -1.45. The van der Waals surface area contributed by atoms with Crippen LogP contribution in [0.1, 0.15) is 37.7 Å². The summed E-state index contributed by atoms with van der Waals surface area (Å²) in [4.78, 5) is 10.7. The van der Waals surface area contributed by atoms with E-state index in [-0.39, 0.29) is 5.92 Å². The number of rotatable bonds is 4. The lowest BCUT2D eigenvalue weighted by Gasteiger charge is -2.36. The molecule has 92 valence electrons. The fourth-order valence-corrected chi connectivity index (χ4v) is 2.64. The van der Waals surface area contributed by atoms with Gasteiger partial charge in [-0.15, -0.1) is 0 Å². The monoisotopic (exact) mass is 234 g/mol. The van der Waals surface area contributed by atoms with Crippen LogP contribution in [0.25, 0.3) is 0 Å². The zero-order chi connectivity index (χ0) is 12.1. The topological polar surface area (TPSA) is 46.5 Å². The molecule has 0 unspecified atom stereocenters. The zero-order valence-corrected chi connectivity index (χ0v) is 9.84. The number of benzene rings is 1. The molecule has 17 heavy (non-hydrogen) atoms. The molecule has 2 rings (SSSR count). The molecule has 0 aliphatic heterocycles. The van der Waals surface area contributed by atoms with Crippen LogP contribution in [0.5, 0.6) is 0 Å². The van der Waals surface area contributed by atoms with E-state index in [1.807, 2.05) is 18.2 Å². The fraction of sp³-hybridized carbons (Fsp3) is 0.500. The highest BCUT2D eigenvalue weighted by atomic mass is 16.6. The van der Waals surface area contributed by atoms with Gasteiger partial charge in [0, 0.05) is 11.5 Å². The average molecular weight is 234 g/mol. The summed E-state index contributed by atoms with van der Waals surface area (Å²) in [5.41, 5.74) is 0.666. The fourth-order valence-electron chi connectivity index (χ4n) is 2.64. The van der Waals surface area contributed by atoms with Crippen molar-refractivity contribution in [3.05, 3.63) is 35.9 Å². The van der Waals surface area contributed by atoms with Crippen molar-refractivity contribution < 1.29 is 14.6 Å². The number of carbonyl (C=O) groups excluding carboxylic acids is 1. The highest BCUT2D eigenvalue weighted by Crippen LogP contribution is 2.39. The molecule has 0 radical (unpaired) electrons. The largest absolute Gasteiger partial charge is 0.431 e. The summed E-state index contributed by atoms with van der Waals surface area (Å²) in [6.45, 7) is 0.349. The van der Waals surface area contributed by atoms with Gasteiger partial charge in [-0.05, 0) is 12.8 Å². The Kier molecular flexibility index (Phi) is 3.79. The maximum absolute atomic E-state index is 10.7. The molecule has 1 atom stereocenters. The van der Waals surface area contributed by atoms with Gasteiger partial charge in [0.2, 0.25) is 5.79 Å². The van der Waals surface area contributed by atoms with Crippen LogP contribution in [0.2, 0.25) is 0 Å². The minimum absolute atomic E-state index is 0.00356. The molecule has 1 N–H and O–H groups in total. The summed E-state index contributed by atoms with van der Waals surface area (Å²) >= 11 is 0. The molecule has 1 aromatic carbocycles. The highest BCUT2D eigenvalue weighted by molar-refractivity contribution is 5.39. The van der Waals surface area contributed by atoms with E-state index in [0.29, 0.717) is 12.0 Å². The molecule has 1 saturated carbocycles. The maximum Gasteiger partial charge on any atom is 0.295 e. The van der Waals surface area contributed by atoms with E-state index in [2.05, 4.69) is 0 Å². The number of hydrogen-bond acceptors (Lipinski definition) is 3. The first kappa shape index (κ1) is 12.1. The van der Waals surface area contributed by atoms with Crippen molar-refractivity contribution in [3.8, 4) is 0 Å². The van der Waals surface area contributed by atoms with Crippen LogP contribution in [0.4, 0.5) is 0 Å². The molecule has 3 heteroatoms. The summed E-state index contributed by atoms with van der Waals surface area (Å²) in [5, 5.41) is 10.7. The third-order valence-corrected chi connectivity index (χ3v) is 3.57. The number of aliphatic hydroxyl groups is 1. The minimum Gasteiger partial charge on any atom is -0.431 e. The van der Waals surface area contributed by atoms with Gasteiger partial charge in [0.15, 0.2) is 0 Å². The molecular weight excluding hydrogens is 216 g/mol. The Bertz CT molecular complexity index is 357. The minimum atomic E-state index is -1.45. The normalized spacial score (nSPS) is 20.5. The van der Waals surface area contributed by atoms with Crippen LogP contribution < -0.4 is 0 Å². The van der Waals surface area contributed by atoms with E-state index in [1.54, 1.807) is 12.1 Å². The number of carbonyl (C=O) groups is 1. The third-order valence-electron chi connectivity index (χ3n) is 3.57. The van der Waals surface area contributed by atoms with Crippen LogP contribution in [0.3, 0.4) is 0 Å². The number of hydrogen-bond donors (Lipinski definition) is 1. The van der Waals surface area contributed by atoms with Crippen molar-refractivity contribution in [3.63, 3.8) is 0 Å². The SMILES string of the molecule is O=CO[C@](O)(c1ccccc1)C1CCCCC1. The van der Waals surface area contributed by atoms with Crippen molar-refractivity contribution in [1.29, 1.82) is 0 Å². The molecule has 1 aromatic rings. The summed E-state index contributed by atoms with van der Waals surface area (Å²) in [7, 11) is 0. The van der Waals surface area contributed by atoms with E-state index in [4.69, 9.17) is 4.74 Å². The van der Waals surface area contributed by atoms with E-state index in [1.165, 1.54) is 6.42 Å². The Balaban J connectivity index is 2.27. The van der Waals surface area contributed by atoms with Crippen LogP contribution in [-0.2, 0) is 15.3 Å². The predicted molar refractivity (Wildman–Crippen MR) is 64.1 cm³/mol. The lowest BCUT2D eigenvalue weighted by atomic mass is 9.80. The second-order valence-electron chi connectivity index (χ2n) is 4.61. The van der Waals surface area contributed by atoms with Gasteiger partial charge in [-0.25, -0.2) is 0 Å². The quantitative estimate of drug-likeness (QED) is 0.643. The summed E-state index contributed by atoms with van der Waals surface area (Å²) in [6.07, 6.45) is 5.17. The van der Waals surface area contributed by atoms with Crippen LogP contribution in [-0.4, -0.2) is 11.6 Å². The van der Waals surface area contributed by atoms with E-state index in [9.17, 15) is 9.90 Å². The third kappa shape index (κ3) is 2.50. The lowest BCUT2D eigenvalue weighted by molar-refractivity contribution is -0.233. The zero-order valence-electron chi connectivity index (χ0n) is 9.84. The Labute approximate surface area is 101 Å². The Morgan fingerprint density at radius 3 is 2.41 bits per heavy atom. The van der Waals surface area contributed by atoms with Gasteiger partial charge < -0.3 is 9.84 Å². The first-order chi connectivity index (χ1) is 8.27. The molecule has 0 heterocycles. The Morgan fingerprint density at radius 1 is 1.18 bits per heavy atom. The van der Waals surface area contributed by atoms with Crippen LogP contribution in [0.15, 0.2) is 30.3 Å². The van der Waals surface area contributed by atoms with Gasteiger partial charge >= 0.3 is 0 Å². The Morgan fingerprint density at radius 2 is 1.82 bits per heavy atom. The van der Waals surface area contributed by atoms with Gasteiger partial charge in [-0.3, -0.25) is 4.79 Å². The number of ether oxygens (including phenoxy) is 1. The van der Waals surface area contributed by atoms with Gasteiger partial charge in [0.05, 0.1) is 0 Å². The van der Waals surface area contributed by atoms with Crippen molar-refractivity contribution in [1.82, 2.24) is 0 Å². The van der Waals surface area contributed by atoms with Gasteiger partial charge in [0.1, 0.15) is 0 Å². The predicted octanol–water partition coefficient (Wildman–Crippen LogP) is 2.59. The first-order valence-corrected chi connectivity index (χ1v) is 6.16. The first-order valence-electron chi connectivity index (χ1n) is 6.16.